The van der Waals surface area contributed by atoms with E-state index in [0.717, 1.165) is 0 Å². The van der Waals surface area contributed by atoms with Crippen LogP contribution >= 0.6 is 11.8 Å². The smallest absolute Gasteiger partial charge is 0.326 e. The van der Waals surface area contributed by atoms with Crippen LogP contribution in [0.5, 0.6) is 0 Å². The highest BCUT2D eigenvalue weighted by Crippen LogP contribution is 1.99. The van der Waals surface area contributed by atoms with Crippen LogP contribution < -0.4 is 5.32 Å². The lowest BCUT2D eigenvalue weighted by atomic mass is 10.2. The van der Waals surface area contributed by atoms with Crippen molar-refractivity contribution in [2.24, 2.45) is 0 Å². The molecule has 0 saturated heterocycles. The van der Waals surface area contributed by atoms with E-state index < -0.39 is 12.0 Å². The molecule has 0 bridgehead atoms. The molecule has 0 saturated carbocycles. The first-order valence-electron chi connectivity index (χ1n) is 3.06. The highest BCUT2D eigenvalue weighted by atomic mass is 32.2. The van der Waals surface area contributed by atoms with Gasteiger partial charge in [0.1, 0.15) is 6.04 Å². The third-order valence-electron chi connectivity index (χ3n) is 1.14. The fourth-order valence-electron chi connectivity index (χ4n) is 0.564. The van der Waals surface area contributed by atoms with Gasteiger partial charge in [-0.15, -0.1) is 0 Å². The van der Waals surface area contributed by atoms with Gasteiger partial charge in [-0.1, -0.05) is 0 Å². The van der Waals surface area contributed by atoms with Gasteiger partial charge in [-0.25, -0.2) is 4.79 Å². The van der Waals surface area contributed by atoms with Crippen LogP contribution in [0.25, 0.3) is 0 Å². The summed E-state index contributed by atoms with van der Waals surface area (Å²) in [4.78, 5) is 20.1. The number of carboxylic acid groups (broad SMARTS) is 1. The van der Waals surface area contributed by atoms with Crippen LogP contribution in [0.4, 0.5) is 0 Å². The highest BCUT2D eigenvalue weighted by Gasteiger charge is 2.14. The van der Waals surface area contributed by atoms with Crippen molar-refractivity contribution in [3.8, 4) is 0 Å². The van der Waals surface area contributed by atoms with Crippen molar-refractivity contribution in [3.05, 3.63) is 0 Å². The van der Waals surface area contributed by atoms with Gasteiger partial charge < -0.3 is 10.4 Å². The maximum Gasteiger partial charge on any atom is 0.326 e. The zero-order valence-corrected chi connectivity index (χ0v) is 6.98. The van der Waals surface area contributed by atoms with Gasteiger partial charge in [0.2, 0.25) is 0 Å². The monoisotopic (exact) mass is 176 g/mol. The van der Waals surface area contributed by atoms with E-state index in [0.29, 0.717) is 12.2 Å². The molecule has 4 nitrogen and oxygen atoms in total. The van der Waals surface area contributed by atoms with Gasteiger partial charge in [0.05, 0.1) is 0 Å². The summed E-state index contributed by atoms with van der Waals surface area (Å²) in [6, 6.07) is -0.792. The Morgan fingerprint density at radius 2 is 2.45 bits per heavy atom. The van der Waals surface area contributed by atoms with Gasteiger partial charge >= 0.3 is 12.4 Å². The molecule has 1 amide bonds. The SMILES string of the molecule is CSCCC(N[C]=O)C(=O)O. The Hall–Kier alpha value is -0.710. The summed E-state index contributed by atoms with van der Waals surface area (Å²) in [5, 5.41) is 10.6. The van der Waals surface area contributed by atoms with Crippen molar-refractivity contribution < 1.29 is 14.7 Å². The first-order chi connectivity index (χ1) is 5.22. The average molecular weight is 176 g/mol. The number of hydrogen-bond donors (Lipinski definition) is 2. The molecule has 0 aliphatic heterocycles. The Morgan fingerprint density at radius 1 is 1.82 bits per heavy atom. The minimum Gasteiger partial charge on any atom is -0.480 e. The van der Waals surface area contributed by atoms with Gasteiger partial charge in [-0.2, -0.15) is 11.8 Å². The minimum atomic E-state index is -1.01. The topological polar surface area (TPSA) is 66.4 Å². The predicted molar refractivity (Wildman–Crippen MR) is 43.3 cm³/mol. The number of thioether (sulfide) groups is 1. The zero-order chi connectivity index (χ0) is 8.69. The Bertz CT molecular complexity index is 140. The second-order valence-electron chi connectivity index (χ2n) is 1.92. The molecule has 1 radical (unpaired) electrons. The third-order valence-corrected chi connectivity index (χ3v) is 1.79. The second kappa shape index (κ2) is 6.03. The lowest BCUT2D eigenvalue weighted by molar-refractivity contribution is -0.139. The van der Waals surface area contributed by atoms with Gasteiger partial charge in [-0.05, 0) is 18.4 Å². The maximum atomic E-state index is 10.3. The summed E-state index contributed by atoms with van der Waals surface area (Å²) in [6.45, 7) is 0. The molecule has 0 aromatic rings. The van der Waals surface area contributed by atoms with E-state index in [4.69, 9.17) is 5.11 Å². The standard InChI is InChI=1S/C6H10NO3S/c1-11-3-2-5(6(9)10)7-4-8/h5H,2-3H2,1H3,(H,7,8)(H,9,10). The summed E-state index contributed by atoms with van der Waals surface area (Å²) in [5.41, 5.74) is 0. The molecule has 1 unspecified atom stereocenters. The number of carbonyl (C=O) groups excluding carboxylic acids is 1. The number of hydrogen-bond acceptors (Lipinski definition) is 3. The van der Waals surface area contributed by atoms with Crippen molar-refractivity contribution in [2.45, 2.75) is 12.5 Å². The Labute approximate surface area is 69.4 Å². The van der Waals surface area contributed by atoms with Crippen molar-refractivity contribution in [2.75, 3.05) is 12.0 Å². The van der Waals surface area contributed by atoms with Crippen LogP contribution in [0.2, 0.25) is 0 Å². The molecule has 11 heavy (non-hydrogen) atoms. The average Bonchev–Trinajstić information content (AvgIpc) is 1.97. The maximum absolute atomic E-state index is 10.3. The zero-order valence-electron chi connectivity index (χ0n) is 6.16. The van der Waals surface area contributed by atoms with E-state index >= 15 is 0 Å². The number of carbonyl (C=O) groups is 1. The van der Waals surface area contributed by atoms with Crippen molar-refractivity contribution in [3.63, 3.8) is 0 Å². The number of rotatable bonds is 6. The number of amides is 1. The molecule has 1 atom stereocenters. The minimum absolute atomic E-state index is 0.436. The largest absolute Gasteiger partial charge is 0.480 e. The van der Waals surface area contributed by atoms with Gasteiger partial charge in [-0.3, -0.25) is 4.79 Å². The summed E-state index contributed by atoms with van der Waals surface area (Å²) in [5.74, 6) is -0.298. The lowest BCUT2D eigenvalue weighted by Gasteiger charge is -2.08. The van der Waals surface area contributed by atoms with E-state index in [-0.39, 0.29) is 0 Å². The molecule has 0 spiro atoms. The first kappa shape index (κ1) is 10.3. The lowest BCUT2D eigenvalue weighted by Crippen LogP contribution is -2.36. The molecule has 0 aromatic carbocycles. The number of nitrogens with one attached hydrogen (secondary N) is 1. The molecule has 0 fully saturated rings. The summed E-state index contributed by atoms with van der Waals surface area (Å²) in [7, 11) is 0. The van der Waals surface area contributed by atoms with Crippen molar-refractivity contribution >= 4 is 24.1 Å². The quantitative estimate of drug-likeness (QED) is 0.552. The molecular weight excluding hydrogens is 166 g/mol. The molecular formula is C6H10NO3S. The van der Waals surface area contributed by atoms with Crippen molar-refractivity contribution in [1.29, 1.82) is 0 Å². The van der Waals surface area contributed by atoms with E-state index in [9.17, 15) is 9.59 Å². The fraction of sp³-hybridized carbons (Fsp3) is 0.667. The van der Waals surface area contributed by atoms with Crippen LogP contribution in [0.15, 0.2) is 0 Å². The summed E-state index contributed by atoms with van der Waals surface area (Å²) >= 11 is 1.54. The normalized spacial score (nSPS) is 12.1. The van der Waals surface area contributed by atoms with Gasteiger partial charge in [0.15, 0.2) is 0 Å². The summed E-state index contributed by atoms with van der Waals surface area (Å²) in [6.07, 6.45) is 3.68. The van der Waals surface area contributed by atoms with E-state index in [1.54, 1.807) is 11.8 Å². The predicted octanol–water partition coefficient (Wildman–Crippen LogP) is -0.151. The van der Waals surface area contributed by atoms with Crippen LogP contribution in [-0.4, -0.2) is 35.5 Å². The Morgan fingerprint density at radius 3 is 2.82 bits per heavy atom. The van der Waals surface area contributed by atoms with Crippen LogP contribution in [0.1, 0.15) is 6.42 Å². The third kappa shape index (κ3) is 4.66. The molecule has 2 N–H and O–H groups in total. The molecule has 0 rings (SSSR count). The Kier molecular flexibility index (Phi) is 5.64. The van der Waals surface area contributed by atoms with E-state index in [1.807, 2.05) is 6.26 Å². The van der Waals surface area contributed by atoms with E-state index in [1.165, 1.54) is 6.41 Å². The number of aliphatic carboxylic acids is 1. The van der Waals surface area contributed by atoms with Crippen LogP contribution in [0, 0.1) is 0 Å². The fourth-order valence-corrected chi connectivity index (χ4v) is 1.04. The van der Waals surface area contributed by atoms with Crippen LogP contribution in [0.3, 0.4) is 0 Å². The molecule has 0 heterocycles. The molecule has 0 aliphatic rings. The second-order valence-corrected chi connectivity index (χ2v) is 2.90. The molecule has 0 aromatic heterocycles. The molecule has 5 heteroatoms. The van der Waals surface area contributed by atoms with Gasteiger partial charge in [0, 0.05) is 0 Å². The van der Waals surface area contributed by atoms with Gasteiger partial charge in [0.25, 0.3) is 0 Å². The Balaban J connectivity index is 3.69. The first-order valence-corrected chi connectivity index (χ1v) is 4.46. The van der Waals surface area contributed by atoms with Crippen molar-refractivity contribution in [1.82, 2.24) is 5.32 Å². The highest BCUT2D eigenvalue weighted by molar-refractivity contribution is 7.98. The van der Waals surface area contributed by atoms with Crippen LogP contribution in [-0.2, 0) is 9.59 Å². The van der Waals surface area contributed by atoms with E-state index in [2.05, 4.69) is 5.32 Å². The summed E-state index contributed by atoms with van der Waals surface area (Å²) < 4.78 is 0. The molecule has 0 aliphatic carbocycles. The number of carboxylic acids is 1. The molecule has 63 valence electrons.